The predicted molar refractivity (Wildman–Crippen MR) is 53.6 cm³/mol. The average Bonchev–Trinajstić information content (AvgIpc) is 2.42. The molecule has 76 valence electrons. The number of hydrogen-bond donors (Lipinski definition) is 1. The summed E-state index contributed by atoms with van der Waals surface area (Å²) in [6, 6.07) is 0.489. The van der Waals surface area contributed by atoms with Crippen molar-refractivity contribution in [2.45, 2.75) is 19.8 Å². The summed E-state index contributed by atoms with van der Waals surface area (Å²) in [5.74, 6) is 0. The van der Waals surface area contributed by atoms with Crippen molar-refractivity contribution in [1.82, 2.24) is 15.3 Å². The molecule has 0 unspecified atom stereocenters. The topological polar surface area (TPSA) is 47.0 Å². The van der Waals surface area contributed by atoms with Gasteiger partial charge in [0.25, 0.3) is 0 Å². The van der Waals surface area contributed by atoms with E-state index in [9.17, 15) is 0 Å². The first-order chi connectivity index (χ1) is 6.81. The van der Waals surface area contributed by atoms with E-state index in [1.54, 1.807) is 7.11 Å². The van der Waals surface area contributed by atoms with Gasteiger partial charge in [-0.2, -0.15) is 4.98 Å². The number of fused-ring (bicyclic) bond motifs is 1. The number of hydrogen-bond acceptors (Lipinski definition) is 4. The smallest absolute Gasteiger partial charge is 0.316 e. The molecular weight excluding hydrogens is 178 g/mol. The lowest BCUT2D eigenvalue weighted by Crippen LogP contribution is -2.16. The number of aryl methyl sites for hydroxylation is 1. The van der Waals surface area contributed by atoms with E-state index >= 15 is 0 Å². The van der Waals surface area contributed by atoms with Gasteiger partial charge >= 0.3 is 6.01 Å². The lowest BCUT2D eigenvalue weighted by molar-refractivity contribution is 0.376. The van der Waals surface area contributed by atoms with Gasteiger partial charge in [0, 0.05) is 18.7 Å². The molecule has 4 heteroatoms. The summed E-state index contributed by atoms with van der Waals surface area (Å²) in [7, 11) is 1.61. The Labute approximate surface area is 83.7 Å². The van der Waals surface area contributed by atoms with Crippen LogP contribution in [-0.4, -0.2) is 30.2 Å². The normalized spacial score (nSPS) is 15.9. The second-order valence-electron chi connectivity index (χ2n) is 3.47. The number of aromatic nitrogens is 2. The molecule has 0 radical (unpaired) electrons. The Morgan fingerprint density at radius 1 is 1.21 bits per heavy atom. The van der Waals surface area contributed by atoms with Crippen molar-refractivity contribution in [2.24, 2.45) is 0 Å². The van der Waals surface area contributed by atoms with Crippen molar-refractivity contribution in [1.29, 1.82) is 0 Å². The van der Waals surface area contributed by atoms with Gasteiger partial charge in [-0.3, -0.25) is 0 Å². The molecule has 0 saturated heterocycles. The van der Waals surface area contributed by atoms with Crippen molar-refractivity contribution >= 4 is 0 Å². The molecule has 1 aromatic heterocycles. The first kappa shape index (κ1) is 9.40. The summed E-state index contributed by atoms with van der Waals surface area (Å²) in [6.07, 6.45) is 1.99. The minimum absolute atomic E-state index is 0.489. The van der Waals surface area contributed by atoms with Crippen LogP contribution in [0, 0.1) is 6.92 Å². The molecule has 1 aliphatic rings. The second-order valence-corrected chi connectivity index (χ2v) is 3.47. The third kappa shape index (κ3) is 1.70. The fraction of sp³-hybridized carbons (Fsp3) is 0.600. The molecular formula is C10H15N3O. The van der Waals surface area contributed by atoms with Crippen molar-refractivity contribution in [2.75, 3.05) is 20.2 Å². The lowest BCUT2D eigenvalue weighted by atomic mass is 10.1. The molecule has 0 fully saturated rings. The molecule has 0 aliphatic carbocycles. The third-order valence-electron chi connectivity index (χ3n) is 2.55. The fourth-order valence-electron chi connectivity index (χ4n) is 1.80. The van der Waals surface area contributed by atoms with E-state index in [4.69, 9.17) is 4.74 Å². The summed E-state index contributed by atoms with van der Waals surface area (Å²) in [4.78, 5) is 8.66. The third-order valence-corrected chi connectivity index (χ3v) is 2.55. The highest BCUT2D eigenvalue weighted by Crippen LogP contribution is 2.16. The van der Waals surface area contributed by atoms with Crippen LogP contribution in [0.3, 0.4) is 0 Å². The van der Waals surface area contributed by atoms with Crippen molar-refractivity contribution in [3.05, 3.63) is 17.0 Å². The maximum absolute atomic E-state index is 5.06. The lowest BCUT2D eigenvalue weighted by Gasteiger charge is -2.08. The van der Waals surface area contributed by atoms with Crippen LogP contribution in [0.4, 0.5) is 0 Å². The number of ether oxygens (including phenoxy) is 1. The first-order valence-corrected chi connectivity index (χ1v) is 4.92. The number of nitrogens with one attached hydrogen (secondary N) is 1. The maximum Gasteiger partial charge on any atom is 0.316 e. The molecule has 2 rings (SSSR count). The van der Waals surface area contributed by atoms with E-state index in [-0.39, 0.29) is 0 Å². The molecule has 0 saturated carbocycles. The van der Waals surface area contributed by atoms with Gasteiger partial charge in [0.05, 0.1) is 12.8 Å². The highest BCUT2D eigenvalue weighted by molar-refractivity contribution is 5.28. The molecule has 1 aromatic rings. The zero-order valence-electron chi connectivity index (χ0n) is 8.63. The Bertz CT molecular complexity index is 338. The van der Waals surface area contributed by atoms with Crippen LogP contribution in [0.5, 0.6) is 6.01 Å². The minimum atomic E-state index is 0.489. The highest BCUT2D eigenvalue weighted by Gasteiger charge is 2.13. The SMILES string of the molecule is COc1nc(C)c2c(n1)CCNCC2. The van der Waals surface area contributed by atoms with Crippen molar-refractivity contribution < 1.29 is 4.74 Å². The van der Waals surface area contributed by atoms with Gasteiger partial charge in [0.15, 0.2) is 0 Å². The van der Waals surface area contributed by atoms with Crippen LogP contribution in [0.1, 0.15) is 17.0 Å². The Hall–Kier alpha value is -1.16. The van der Waals surface area contributed by atoms with Gasteiger partial charge in [0.2, 0.25) is 0 Å². The largest absolute Gasteiger partial charge is 0.467 e. The molecule has 1 aliphatic heterocycles. The standard InChI is InChI=1S/C10H15N3O/c1-7-8-3-5-11-6-4-9(8)13-10(12-7)14-2/h11H,3-6H2,1-2H3. The van der Waals surface area contributed by atoms with E-state index < -0.39 is 0 Å². The number of rotatable bonds is 1. The van der Waals surface area contributed by atoms with Crippen LogP contribution in [0.2, 0.25) is 0 Å². The molecule has 1 N–H and O–H groups in total. The molecule has 0 atom stereocenters. The van der Waals surface area contributed by atoms with Gasteiger partial charge in [-0.25, -0.2) is 4.98 Å². The molecule has 2 heterocycles. The van der Waals surface area contributed by atoms with E-state index in [1.807, 2.05) is 6.92 Å². The Morgan fingerprint density at radius 2 is 2.00 bits per heavy atom. The summed E-state index contributed by atoms with van der Waals surface area (Å²) in [5, 5.41) is 3.35. The quantitative estimate of drug-likeness (QED) is 0.704. The van der Waals surface area contributed by atoms with Gasteiger partial charge in [-0.1, -0.05) is 0 Å². The van der Waals surface area contributed by atoms with Crippen LogP contribution < -0.4 is 10.1 Å². The summed E-state index contributed by atoms with van der Waals surface area (Å²) >= 11 is 0. The van der Waals surface area contributed by atoms with Crippen LogP contribution >= 0.6 is 0 Å². The highest BCUT2D eigenvalue weighted by atomic mass is 16.5. The second kappa shape index (κ2) is 3.92. The zero-order valence-corrected chi connectivity index (χ0v) is 8.63. The van der Waals surface area contributed by atoms with Crippen molar-refractivity contribution in [3.63, 3.8) is 0 Å². The average molecular weight is 193 g/mol. The molecule has 4 nitrogen and oxygen atoms in total. The number of nitrogens with zero attached hydrogens (tertiary/aromatic N) is 2. The Kier molecular flexibility index (Phi) is 2.63. The van der Waals surface area contributed by atoms with Crippen molar-refractivity contribution in [3.8, 4) is 6.01 Å². The van der Waals surface area contributed by atoms with Gasteiger partial charge in [-0.15, -0.1) is 0 Å². The summed E-state index contributed by atoms with van der Waals surface area (Å²) < 4.78 is 5.06. The van der Waals surface area contributed by atoms with Crippen LogP contribution in [0.25, 0.3) is 0 Å². The Balaban J connectivity index is 2.43. The molecule has 0 spiro atoms. The molecule has 0 aromatic carbocycles. The van der Waals surface area contributed by atoms with E-state index in [0.29, 0.717) is 6.01 Å². The zero-order chi connectivity index (χ0) is 9.97. The minimum Gasteiger partial charge on any atom is -0.467 e. The summed E-state index contributed by atoms with van der Waals surface area (Å²) in [6.45, 7) is 4.03. The van der Waals surface area contributed by atoms with E-state index in [1.165, 1.54) is 5.56 Å². The molecule has 0 amide bonds. The monoisotopic (exact) mass is 193 g/mol. The first-order valence-electron chi connectivity index (χ1n) is 4.92. The van der Waals surface area contributed by atoms with Gasteiger partial charge < -0.3 is 10.1 Å². The number of methoxy groups -OCH3 is 1. The predicted octanol–water partition coefficient (Wildman–Crippen LogP) is 0.482. The van der Waals surface area contributed by atoms with Gasteiger partial charge in [0.1, 0.15) is 0 Å². The van der Waals surface area contributed by atoms with Gasteiger partial charge in [-0.05, 0) is 25.5 Å². The molecule has 14 heavy (non-hydrogen) atoms. The van der Waals surface area contributed by atoms with Crippen LogP contribution in [0.15, 0.2) is 0 Å². The fourth-order valence-corrected chi connectivity index (χ4v) is 1.80. The maximum atomic E-state index is 5.06. The molecule has 0 bridgehead atoms. The van der Waals surface area contributed by atoms with Crippen LogP contribution in [-0.2, 0) is 12.8 Å². The van der Waals surface area contributed by atoms with E-state index in [0.717, 1.165) is 37.3 Å². The summed E-state index contributed by atoms with van der Waals surface area (Å²) in [5.41, 5.74) is 3.48. The Morgan fingerprint density at radius 3 is 2.79 bits per heavy atom. The van der Waals surface area contributed by atoms with E-state index in [2.05, 4.69) is 15.3 Å².